The molecule has 12 heterocycles. The van der Waals surface area contributed by atoms with Crippen LogP contribution < -0.4 is 0 Å². The van der Waals surface area contributed by atoms with Crippen LogP contribution in [0.2, 0.25) is 0 Å². The number of rotatable bonds is 0. The molecule has 850 valence electrons. The van der Waals surface area contributed by atoms with E-state index >= 15 is 0 Å². The van der Waals surface area contributed by atoms with Crippen molar-refractivity contribution >= 4 is 117 Å². The van der Waals surface area contributed by atoms with Gasteiger partial charge in [-0.05, 0) is 225 Å². The first-order valence-corrected chi connectivity index (χ1v) is 64.5. The maximum atomic E-state index is 5.18. The van der Waals surface area contributed by atoms with Gasteiger partial charge in [-0.3, -0.25) is 0 Å². The predicted molar refractivity (Wildman–Crippen MR) is 697 cm³/mol. The Morgan fingerprint density at radius 1 is 0.268 bits per heavy atom. The number of para-hydroxylation sites is 3. The van der Waals surface area contributed by atoms with E-state index in [-0.39, 0.29) is 0 Å². The van der Waals surface area contributed by atoms with Crippen LogP contribution in [-0.2, 0) is 89.9 Å². The fourth-order valence-electron chi connectivity index (χ4n) is 12.9. The average Bonchev–Trinajstić information content (AvgIpc) is 1.72. The summed E-state index contributed by atoms with van der Waals surface area (Å²) in [6.07, 6.45) is 40.0. The highest BCUT2D eigenvalue weighted by Crippen LogP contribution is 2.34. The fraction of sp³-hybridized carbons (Fsp3) is 0.523. The Kier molecular flexibility index (Phi) is 150. The van der Waals surface area contributed by atoms with Crippen molar-refractivity contribution in [1.29, 1.82) is 0 Å². The Morgan fingerprint density at radius 2 is 0.745 bits per heavy atom. The minimum Gasteiger partial charge on any atom is -0.469 e. The molecule has 0 unspecified atom stereocenters. The molecule has 0 saturated heterocycles. The van der Waals surface area contributed by atoms with Gasteiger partial charge in [0.1, 0.15) is 17.1 Å². The molecule has 11 aromatic heterocycles. The third-order valence-electron chi connectivity index (χ3n) is 18.2. The summed E-state index contributed by atoms with van der Waals surface area (Å²) in [6, 6.07) is 53.9. The maximum Gasteiger partial charge on any atom is 0.181 e. The monoisotopic (exact) mass is 2170 g/mol. The molecule has 1 aliphatic heterocycles. The van der Waals surface area contributed by atoms with Crippen LogP contribution >= 0.6 is 68.4 Å². The standard InChI is InChI=1S/C9H8.C8H7N.C8H6O.C8H6S.C7H5NS.C7H9N.C7H8O.C7H8S.C6H8N2.C6H7NO.C6H7NS.C5H5NS2.24C2H6/c1-2-5-9-7-3-6-8(9)4-1;3*1-2-4-8-7(3-1)5-6-9-8;1-2-4-7-6(3-1)8-5-9-7;3*1-2-6-4-5-8-7(6)3-1;3*1-2-5-6(3-1)8-4-7-5;1-2-7-5-4(1)6-3-8-5;24*1-2/h1-6H,7H2;1-6,9H;2*1-6H;1-5H;4-5,8H,1-3H2;2*4-5H,1-3H2;4H,1-3H2,(H,7,8);2*4H,1-3H2;3H,1-2H2;24*1-2H3. The predicted octanol–water partition coefficient (Wildman–Crippen LogP) is 47.7. The fourth-order valence-corrected chi connectivity index (χ4v) is 18.2. The third-order valence-corrected chi connectivity index (χ3v) is 24.1. The number of aromatic amines is 3. The molecular weight excluding hydrogens is 1940 g/mol. The second kappa shape index (κ2) is 135. The zero-order chi connectivity index (χ0) is 116. The molecule has 0 bridgehead atoms. The number of aryl methyl sites for hydroxylation is 13. The Balaban J connectivity index is -0.000000133. The molecular formula is C132H228N8O3S6. The number of thiazole rings is 3. The van der Waals surface area contributed by atoms with E-state index in [1.54, 1.807) is 74.6 Å². The number of fused-ring (bicyclic) bond motifs is 12. The number of imidazole rings is 1. The molecule has 0 radical (unpaired) electrons. The number of nitrogens with zero attached hydrogens (tertiary/aromatic N) is 5. The summed E-state index contributed by atoms with van der Waals surface area (Å²) in [5.41, 5.74) is 24.4. The molecule has 0 saturated carbocycles. The number of furan rings is 2. The first-order chi connectivity index (χ1) is 74.1. The average molecular weight is 2170 g/mol. The van der Waals surface area contributed by atoms with E-state index < -0.39 is 0 Å². The van der Waals surface area contributed by atoms with Crippen LogP contribution in [0.25, 0.3) is 48.3 Å². The number of oxazole rings is 1. The summed E-state index contributed by atoms with van der Waals surface area (Å²) in [5, 5.41) is 8.10. The molecule has 17 heteroatoms. The van der Waals surface area contributed by atoms with Gasteiger partial charge in [-0.2, -0.15) is 0 Å². The molecule has 149 heavy (non-hydrogen) atoms. The lowest BCUT2D eigenvalue weighted by Gasteiger charge is -1.93. The van der Waals surface area contributed by atoms with E-state index in [0.29, 0.717) is 0 Å². The minimum atomic E-state index is 0.956. The van der Waals surface area contributed by atoms with Crippen molar-refractivity contribution in [2.45, 2.75) is 465 Å². The Hall–Kier alpha value is -8.94. The first kappa shape index (κ1) is 165. The van der Waals surface area contributed by atoms with Gasteiger partial charge in [0.15, 0.2) is 6.39 Å². The molecule has 11 nitrogen and oxygen atoms in total. The Labute approximate surface area is 945 Å². The number of H-pyrrole nitrogens is 3. The maximum absolute atomic E-state index is 5.18. The van der Waals surface area contributed by atoms with Gasteiger partial charge in [-0.1, -0.05) is 435 Å². The molecule has 3 N–H and O–H groups in total. The van der Waals surface area contributed by atoms with Gasteiger partial charge in [0.2, 0.25) is 0 Å². The molecule has 0 spiro atoms. The second-order valence-corrected chi connectivity index (χ2v) is 30.9. The van der Waals surface area contributed by atoms with Gasteiger partial charge in [-0.25, -0.2) is 24.9 Å². The third kappa shape index (κ3) is 73.9. The number of hydrogen-bond acceptors (Lipinski definition) is 14. The molecule has 24 rings (SSSR count). The summed E-state index contributed by atoms with van der Waals surface area (Å²) in [6.45, 7) is 96.0. The van der Waals surface area contributed by atoms with Crippen LogP contribution in [0.1, 0.15) is 454 Å². The van der Waals surface area contributed by atoms with E-state index in [1.807, 2.05) is 445 Å². The number of allylic oxidation sites excluding steroid dienone is 1. The Morgan fingerprint density at radius 3 is 1.32 bits per heavy atom. The van der Waals surface area contributed by atoms with E-state index in [0.717, 1.165) is 47.9 Å². The molecule has 0 amide bonds. The summed E-state index contributed by atoms with van der Waals surface area (Å²) in [5.74, 6) is 3.56. The number of thiophene rings is 2. The highest BCUT2D eigenvalue weighted by atomic mass is 32.2. The van der Waals surface area contributed by atoms with Gasteiger partial charge in [0.05, 0.1) is 72.6 Å². The van der Waals surface area contributed by atoms with Gasteiger partial charge in [-0.15, -0.1) is 68.4 Å². The van der Waals surface area contributed by atoms with Crippen LogP contribution in [0.15, 0.2) is 246 Å². The summed E-state index contributed by atoms with van der Waals surface area (Å²) >= 11 is 10.9. The molecule has 0 atom stereocenters. The normalized spacial score (nSPS) is 10.5. The number of hydrogen-bond donors (Lipinski definition) is 3. The summed E-state index contributed by atoms with van der Waals surface area (Å²) < 4.78 is 19.4. The van der Waals surface area contributed by atoms with Crippen LogP contribution in [0, 0.1) is 0 Å². The lowest BCUT2D eigenvalue weighted by Crippen LogP contribution is -1.77. The number of nitrogens with one attached hydrogen (secondary N) is 3. The Bertz CT molecular complexity index is 4140. The van der Waals surface area contributed by atoms with Gasteiger partial charge in [0.25, 0.3) is 0 Å². The number of thioether (sulfide) groups is 1. The van der Waals surface area contributed by atoms with Crippen molar-refractivity contribution in [2.24, 2.45) is 0 Å². The van der Waals surface area contributed by atoms with Crippen LogP contribution in [0.3, 0.4) is 0 Å². The quantitative estimate of drug-likeness (QED) is 0.135. The second-order valence-electron chi connectivity index (χ2n) is 24.9. The van der Waals surface area contributed by atoms with Crippen molar-refractivity contribution in [3.05, 3.63) is 312 Å². The molecule has 7 aliphatic carbocycles. The zero-order valence-corrected chi connectivity index (χ0v) is 110. The molecule has 5 aromatic carbocycles. The van der Waals surface area contributed by atoms with Crippen molar-refractivity contribution in [2.75, 3.05) is 5.75 Å². The van der Waals surface area contributed by atoms with Crippen LogP contribution in [0.4, 0.5) is 0 Å². The van der Waals surface area contributed by atoms with E-state index in [2.05, 4.69) is 160 Å². The van der Waals surface area contributed by atoms with E-state index in [1.165, 1.54) is 212 Å². The lowest BCUT2D eigenvalue weighted by molar-refractivity contribution is 0.508. The lowest BCUT2D eigenvalue weighted by atomic mass is 10.1. The summed E-state index contributed by atoms with van der Waals surface area (Å²) in [4.78, 5) is 33.3. The van der Waals surface area contributed by atoms with Gasteiger partial charge in [0, 0.05) is 74.2 Å². The first-order valence-electron chi connectivity index (χ1n) is 59.1. The smallest absolute Gasteiger partial charge is 0.181 e. The van der Waals surface area contributed by atoms with Gasteiger partial charge >= 0.3 is 0 Å². The number of benzene rings is 5. The van der Waals surface area contributed by atoms with Crippen molar-refractivity contribution < 1.29 is 13.3 Å². The highest BCUT2D eigenvalue weighted by molar-refractivity contribution is 8.01. The van der Waals surface area contributed by atoms with E-state index in [9.17, 15) is 0 Å². The van der Waals surface area contributed by atoms with Crippen molar-refractivity contribution in [1.82, 2.24) is 39.9 Å². The highest BCUT2D eigenvalue weighted by Gasteiger charge is 2.17. The van der Waals surface area contributed by atoms with Gasteiger partial charge < -0.3 is 28.2 Å². The van der Waals surface area contributed by atoms with Crippen LogP contribution in [-0.4, -0.2) is 45.6 Å². The molecule has 16 aromatic rings. The molecule has 8 aliphatic rings. The van der Waals surface area contributed by atoms with Crippen molar-refractivity contribution in [3.8, 4) is 0 Å². The summed E-state index contributed by atoms with van der Waals surface area (Å²) in [7, 11) is 0. The van der Waals surface area contributed by atoms with E-state index in [4.69, 9.17) is 13.3 Å². The van der Waals surface area contributed by atoms with Crippen LogP contribution in [0.5, 0.6) is 0 Å². The largest absolute Gasteiger partial charge is 0.469 e. The SMILES string of the molecule is C1=Cc2ccccc2C1.CC.CC.CC.CC.CC.CC.CC.CC.CC.CC.CC.CC.CC.CC.CC.CC.CC.CC.CC.CC.CC.CC.CC.CC.c1cc2c([nH]1)CCC2.c1cc2c(o1)CCC2.c1cc2c(s1)CCC2.c1ccc2[nH]ccc2c1.c1ccc2occc2c1.c1ccc2sccc2c1.c1ccc2scnc2c1.c1nc2c([nH]1)CCC2.c1nc2c(o1)CCC2.c1nc2c(s1)CCC2.c1nc2c(s1)SCC2. The van der Waals surface area contributed by atoms with Crippen molar-refractivity contribution in [3.63, 3.8) is 0 Å². The number of aromatic nitrogens is 8. The molecule has 0 fully saturated rings. The topological polar surface area (TPSA) is 151 Å². The minimum absolute atomic E-state index is 0.956. The zero-order valence-electron chi connectivity index (χ0n) is 105.